The lowest BCUT2D eigenvalue weighted by Crippen LogP contribution is -2.39. The highest BCUT2D eigenvalue weighted by Gasteiger charge is 2.23. The molecule has 0 radical (unpaired) electrons. The first-order chi connectivity index (χ1) is 10.2. The van der Waals surface area contributed by atoms with E-state index in [0.717, 1.165) is 0 Å². The van der Waals surface area contributed by atoms with Crippen molar-refractivity contribution in [1.82, 2.24) is 5.32 Å². The summed E-state index contributed by atoms with van der Waals surface area (Å²) in [5.74, 6) is 0. The molecule has 122 valence electrons. The van der Waals surface area contributed by atoms with Gasteiger partial charge in [-0.05, 0) is 51.5 Å². The van der Waals surface area contributed by atoms with Crippen LogP contribution in [-0.2, 0) is 4.74 Å². The summed E-state index contributed by atoms with van der Waals surface area (Å²) in [5.41, 5.74) is 5.10. The Morgan fingerprint density at radius 3 is 2.36 bits per heavy atom. The van der Waals surface area contributed by atoms with Crippen molar-refractivity contribution in [2.75, 3.05) is 18.0 Å². The number of hydrogen-bond acceptors (Lipinski definition) is 3. The molecule has 1 aromatic rings. The molecule has 1 aromatic carbocycles. The first kappa shape index (κ1) is 18.1. The second-order valence-corrected chi connectivity index (χ2v) is 6.19. The summed E-state index contributed by atoms with van der Waals surface area (Å²) in [6.07, 6.45) is 0.0963. The van der Waals surface area contributed by atoms with Crippen molar-refractivity contribution >= 4 is 29.4 Å². The molecule has 3 N–H and O–H groups in total. The van der Waals surface area contributed by atoms with Crippen LogP contribution in [-0.4, -0.2) is 30.8 Å². The van der Waals surface area contributed by atoms with E-state index in [2.05, 4.69) is 5.32 Å². The number of amides is 3. The minimum atomic E-state index is -0.590. The second kappa shape index (κ2) is 7.89. The molecule has 0 fully saturated rings. The number of nitrogens with two attached hydrogens (primary N) is 1. The standard InChI is InChI=1S/C15H22ClN3O3/c1-15(2,3)22-14(21)19(10-4-9-18-13(17)20)12-7-5-11(16)6-8-12/h5-8H,4,9-10H2,1-3H3,(H3,17,18,20). The monoisotopic (exact) mass is 327 g/mol. The van der Waals surface area contributed by atoms with Crippen LogP contribution in [0, 0.1) is 0 Å². The predicted octanol–water partition coefficient (Wildman–Crippen LogP) is 3.14. The average Bonchev–Trinajstić information content (AvgIpc) is 2.37. The summed E-state index contributed by atoms with van der Waals surface area (Å²) in [6, 6.07) is 6.31. The highest BCUT2D eigenvalue weighted by molar-refractivity contribution is 6.30. The van der Waals surface area contributed by atoms with E-state index < -0.39 is 17.7 Å². The fraction of sp³-hybridized carbons (Fsp3) is 0.467. The van der Waals surface area contributed by atoms with Crippen molar-refractivity contribution in [1.29, 1.82) is 0 Å². The maximum absolute atomic E-state index is 12.3. The number of anilines is 1. The molecule has 0 spiro atoms. The molecule has 0 heterocycles. The summed E-state index contributed by atoms with van der Waals surface area (Å²) in [7, 11) is 0. The summed E-state index contributed by atoms with van der Waals surface area (Å²) < 4.78 is 5.40. The third-order valence-electron chi connectivity index (χ3n) is 2.61. The van der Waals surface area contributed by atoms with Gasteiger partial charge in [0.25, 0.3) is 0 Å². The van der Waals surface area contributed by atoms with E-state index in [-0.39, 0.29) is 0 Å². The van der Waals surface area contributed by atoms with Gasteiger partial charge in [0, 0.05) is 23.8 Å². The highest BCUT2D eigenvalue weighted by atomic mass is 35.5. The predicted molar refractivity (Wildman–Crippen MR) is 87.2 cm³/mol. The van der Waals surface area contributed by atoms with Gasteiger partial charge in [0.1, 0.15) is 5.60 Å². The Labute approximate surface area is 135 Å². The molecule has 1 rings (SSSR count). The van der Waals surface area contributed by atoms with Crippen molar-refractivity contribution in [2.24, 2.45) is 5.73 Å². The van der Waals surface area contributed by atoms with Gasteiger partial charge in [0.05, 0.1) is 0 Å². The molecule has 0 saturated carbocycles. The van der Waals surface area contributed by atoms with E-state index >= 15 is 0 Å². The molecule has 0 aromatic heterocycles. The minimum absolute atomic E-state index is 0.377. The lowest BCUT2D eigenvalue weighted by atomic mass is 10.2. The third-order valence-corrected chi connectivity index (χ3v) is 2.86. The maximum Gasteiger partial charge on any atom is 0.414 e. The van der Waals surface area contributed by atoms with Crippen molar-refractivity contribution in [3.63, 3.8) is 0 Å². The summed E-state index contributed by atoms with van der Waals surface area (Å²) in [6.45, 7) is 6.18. The van der Waals surface area contributed by atoms with E-state index in [0.29, 0.717) is 30.2 Å². The number of carbonyl (C=O) groups is 2. The molecule has 0 saturated heterocycles. The molecule has 0 atom stereocenters. The third kappa shape index (κ3) is 6.67. The quantitative estimate of drug-likeness (QED) is 0.815. The lowest BCUT2D eigenvalue weighted by Gasteiger charge is -2.27. The Bertz CT molecular complexity index is 512. The average molecular weight is 328 g/mol. The molecule has 3 amide bonds. The van der Waals surface area contributed by atoms with Gasteiger partial charge < -0.3 is 15.8 Å². The molecule has 0 aliphatic carbocycles. The fourth-order valence-electron chi connectivity index (χ4n) is 1.71. The zero-order chi connectivity index (χ0) is 16.8. The SMILES string of the molecule is CC(C)(C)OC(=O)N(CCCNC(N)=O)c1ccc(Cl)cc1. The number of ether oxygens (including phenoxy) is 1. The van der Waals surface area contributed by atoms with Crippen LogP contribution in [0.1, 0.15) is 27.2 Å². The normalized spacial score (nSPS) is 10.9. The molecule has 6 nitrogen and oxygen atoms in total. The Kier molecular flexibility index (Phi) is 6.49. The van der Waals surface area contributed by atoms with Crippen LogP contribution in [0.2, 0.25) is 5.02 Å². The number of benzene rings is 1. The number of primary amides is 1. The molecular weight excluding hydrogens is 306 g/mol. The van der Waals surface area contributed by atoms with Gasteiger partial charge in [-0.15, -0.1) is 0 Å². The summed E-state index contributed by atoms with van der Waals surface area (Å²) in [4.78, 5) is 24.5. The smallest absolute Gasteiger partial charge is 0.414 e. The number of nitrogens with one attached hydrogen (secondary N) is 1. The van der Waals surface area contributed by atoms with Gasteiger partial charge in [-0.25, -0.2) is 9.59 Å². The van der Waals surface area contributed by atoms with E-state index in [9.17, 15) is 9.59 Å². The van der Waals surface area contributed by atoms with Crippen LogP contribution < -0.4 is 16.0 Å². The molecule has 0 bridgehead atoms. The number of rotatable bonds is 5. The Morgan fingerprint density at radius 2 is 1.86 bits per heavy atom. The fourth-order valence-corrected chi connectivity index (χ4v) is 1.84. The number of hydrogen-bond donors (Lipinski definition) is 2. The van der Waals surface area contributed by atoms with Crippen molar-refractivity contribution in [3.05, 3.63) is 29.3 Å². The van der Waals surface area contributed by atoms with E-state index in [1.165, 1.54) is 4.90 Å². The van der Waals surface area contributed by atoms with Gasteiger partial charge >= 0.3 is 12.1 Å². The number of halogens is 1. The maximum atomic E-state index is 12.3. The van der Waals surface area contributed by atoms with Gasteiger partial charge in [0.2, 0.25) is 0 Å². The highest BCUT2D eigenvalue weighted by Crippen LogP contribution is 2.21. The molecule has 22 heavy (non-hydrogen) atoms. The molecular formula is C15H22ClN3O3. The van der Waals surface area contributed by atoms with Crippen molar-refractivity contribution in [2.45, 2.75) is 32.8 Å². The summed E-state index contributed by atoms with van der Waals surface area (Å²) >= 11 is 5.87. The zero-order valence-electron chi connectivity index (χ0n) is 13.1. The van der Waals surface area contributed by atoms with Crippen LogP contribution in [0.4, 0.5) is 15.3 Å². The van der Waals surface area contributed by atoms with Gasteiger partial charge in [-0.2, -0.15) is 0 Å². The minimum Gasteiger partial charge on any atom is -0.443 e. The molecule has 0 aliphatic heterocycles. The Balaban J connectivity index is 2.78. The van der Waals surface area contributed by atoms with Crippen molar-refractivity contribution in [3.8, 4) is 0 Å². The van der Waals surface area contributed by atoms with E-state index in [4.69, 9.17) is 22.1 Å². The second-order valence-electron chi connectivity index (χ2n) is 5.75. The van der Waals surface area contributed by atoms with Crippen molar-refractivity contribution < 1.29 is 14.3 Å². The zero-order valence-corrected chi connectivity index (χ0v) is 13.8. The van der Waals surface area contributed by atoms with E-state index in [1.807, 2.05) is 0 Å². The topological polar surface area (TPSA) is 84.7 Å². The van der Waals surface area contributed by atoms with Gasteiger partial charge in [0.15, 0.2) is 0 Å². The van der Waals surface area contributed by atoms with Gasteiger partial charge in [-0.1, -0.05) is 11.6 Å². The lowest BCUT2D eigenvalue weighted by molar-refractivity contribution is 0.0580. The number of urea groups is 1. The first-order valence-electron chi connectivity index (χ1n) is 6.98. The van der Waals surface area contributed by atoms with Crippen LogP contribution in [0.3, 0.4) is 0 Å². The first-order valence-corrected chi connectivity index (χ1v) is 7.36. The van der Waals surface area contributed by atoms with Gasteiger partial charge in [-0.3, -0.25) is 4.90 Å². The number of carbonyl (C=O) groups excluding carboxylic acids is 2. The van der Waals surface area contributed by atoms with Crippen LogP contribution in [0.15, 0.2) is 24.3 Å². The van der Waals surface area contributed by atoms with E-state index in [1.54, 1.807) is 45.0 Å². The molecule has 7 heteroatoms. The summed E-state index contributed by atoms with van der Waals surface area (Å²) in [5, 5.41) is 3.07. The Hall–Kier alpha value is -1.95. The Morgan fingerprint density at radius 1 is 1.27 bits per heavy atom. The van der Waals surface area contributed by atoms with Crippen LogP contribution in [0.25, 0.3) is 0 Å². The molecule has 0 unspecified atom stereocenters. The van der Waals surface area contributed by atoms with Crippen LogP contribution >= 0.6 is 11.6 Å². The largest absolute Gasteiger partial charge is 0.443 e. The number of nitrogens with zero attached hydrogens (tertiary/aromatic N) is 1. The molecule has 0 aliphatic rings. The van der Waals surface area contributed by atoms with Crippen LogP contribution in [0.5, 0.6) is 0 Å².